The largest absolute Gasteiger partial charge is 0.872 e. The summed E-state index contributed by atoms with van der Waals surface area (Å²) in [5.74, 6) is -0.888. The van der Waals surface area contributed by atoms with Crippen LogP contribution in [-0.2, 0) is 9.59 Å². The Bertz CT molecular complexity index is 1030. The fourth-order valence-electron chi connectivity index (χ4n) is 3.67. The quantitative estimate of drug-likeness (QED) is 0.364. The van der Waals surface area contributed by atoms with Crippen LogP contribution in [0.2, 0.25) is 5.02 Å². The zero-order valence-corrected chi connectivity index (χ0v) is 19.4. The molecule has 0 saturated carbocycles. The predicted octanol–water partition coefficient (Wildman–Crippen LogP) is 1.12. The van der Waals surface area contributed by atoms with Gasteiger partial charge in [-0.15, -0.1) is 0 Å². The van der Waals surface area contributed by atoms with Gasteiger partial charge in [-0.2, -0.15) is 0 Å². The van der Waals surface area contributed by atoms with Crippen LogP contribution in [0, 0.1) is 0 Å². The van der Waals surface area contributed by atoms with E-state index >= 15 is 0 Å². The number of likely N-dealkylation sites (N-methyl/N-ethyl adjacent to an activating group) is 1. The first-order valence-electron chi connectivity index (χ1n) is 10.4. The molecule has 1 N–H and O–H groups in total. The van der Waals surface area contributed by atoms with Crippen LogP contribution in [0.4, 0.5) is 0 Å². The molecule has 1 fully saturated rings. The van der Waals surface area contributed by atoms with Crippen LogP contribution >= 0.6 is 11.6 Å². The fourth-order valence-corrected chi connectivity index (χ4v) is 3.93. The molecule has 170 valence electrons. The van der Waals surface area contributed by atoms with Crippen LogP contribution in [0.25, 0.3) is 5.76 Å². The molecule has 1 aliphatic rings. The van der Waals surface area contributed by atoms with Crippen LogP contribution in [0.1, 0.15) is 24.1 Å². The Morgan fingerprint density at radius 3 is 2.41 bits per heavy atom. The van der Waals surface area contributed by atoms with E-state index in [1.54, 1.807) is 36.4 Å². The van der Waals surface area contributed by atoms with Gasteiger partial charge >= 0.3 is 0 Å². The Morgan fingerprint density at radius 2 is 1.84 bits per heavy atom. The van der Waals surface area contributed by atoms with E-state index in [1.807, 2.05) is 21.0 Å². The normalized spacial score (nSPS) is 17.8. The third kappa shape index (κ3) is 4.74. The number of hydrogen-bond donors (Lipinski definition) is 1. The predicted molar refractivity (Wildman–Crippen MR) is 120 cm³/mol. The van der Waals surface area contributed by atoms with Crippen molar-refractivity contribution in [3.8, 4) is 11.5 Å². The molecule has 1 saturated heterocycles. The highest BCUT2D eigenvalue weighted by molar-refractivity contribution is 6.46. The summed E-state index contributed by atoms with van der Waals surface area (Å²) in [6.45, 7) is 3.37. The first-order valence-corrected chi connectivity index (χ1v) is 10.8. The van der Waals surface area contributed by atoms with Crippen molar-refractivity contribution in [1.82, 2.24) is 4.90 Å². The number of ether oxygens (including phenoxy) is 2. The summed E-state index contributed by atoms with van der Waals surface area (Å²) in [5.41, 5.74) is 0.821. The molecule has 0 bridgehead atoms. The van der Waals surface area contributed by atoms with Gasteiger partial charge < -0.3 is 24.4 Å². The number of quaternary nitrogens is 1. The molecular formula is C24H27ClN2O5. The van der Waals surface area contributed by atoms with Crippen LogP contribution in [0.15, 0.2) is 48.0 Å². The molecule has 0 aliphatic carbocycles. The molecule has 3 rings (SSSR count). The molecule has 1 heterocycles. The molecule has 2 aromatic carbocycles. The van der Waals surface area contributed by atoms with Crippen LogP contribution in [0.5, 0.6) is 11.5 Å². The second-order valence-corrected chi connectivity index (χ2v) is 8.19. The molecule has 8 heteroatoms. The van der Waals surface area contributed by atoms with E-state index in [9.17, 15) is 14.7 Å². The van der Waals surface area contributed by atoms with Crippen molar-refractivity contribution in [3.05, 3.63) is 64.2 Å². The molecule has 2 aromatic rings. The lowest BCUT2D eigenvalue weighted by atomic mass is 9.95. The molecular weight excluding hydrogens is 432 g/mol. The number of benzene rings is 2. The number of rotatable bonds is 8. The summed E-state index contributed by atoms with van der Waals surface area (Å²) in [6.07, 6.45) is 0. The minimum atomic E-state index is -0.783. The van der Waals surface area contributed by atoms with E-state index in [1.165, 1.54) is 18.1 Å². The van der Waals surface area contributed by atoms with Gasteiger partial charge in [-0.3, -0.25) is 9.59 Å². The summed E-state index contributed by atoms with van der Waals surface area (Å²) in [4.78, 5) is 28.5. The molecule has 1 amide bonds. The highest BCUT2D eigenvalue weighted by atomic mass is 35.5. The summed E-state index contributed by atoms with van der Waals surface area (Å²) >= 11 is 6.19. The number of carbonyl (C=O) groups is 2. The van der Waals surface area contributed by atoms with Gasteiger partial charge in [0.05, 0.1) is 52.0 Å². The Labute approximate surface area is 192 Å². The molecule has 1 unspecified atom stereocenters. The summed E-state index contributed by atoms with van der Waals surface area (Å²) < 4.78 is 10.6. The SMILES string of the molecule is CCOc1ccc(C2/C(=C(\[O-])c3ccc(OC)c(Cl)c3)C(=O)C(=O)N2CC[NH+](C)C)cc1. The van der Waals surface area contributed by atoms with E-state index in [0.29, 0.717) is 36.8 Å². The topological polar surface area (TPSA) is 83.3 Å². The standard InChI is InChI=1S/C24H27ClN2O5/c1-5-32-17-9-6-15(7-10-17)21-20(23(29)24(30)27(21)13-12-26(2)3)22(28)16-8-11-19(31-4)18(25)14-16/h6-11,14,21,28H,5,12-13H2,1-4H3/b22-20+. The monoisotopic (exact) mass is 458 g/mol. The van der Waals surface area contributed by atoms with Crippen molar-refractivity contribution in [1.29, 1.82) is 0 Å². The number of nitrogens with one attached hydrogen (secondary N) is 1. The number of ketones is 1. The zero-order valence-electron chi connectivity index (χ0n) is 18.6. The van der Waals surface area contributed by atoms with E-state index in [-0.39, 0.29) is 16.2 Å². The van der Waals surface area contributed by atoms with Gasteiger partial charge in [-0.25, -0.2) is 0 Å². The van der Waals surface area contributed by atoms with Gasteiger partial charge in [0.2, 0.25) is 5.78 Å². The lowest BCUT2D eigenvalue weighted by Gasteiger charge is -2.28. The number of Topliss-reactive ketones (excluding diaryl/α,β-unsaturated/α-hetero) is 1. The zero-order chi connectivity index (χ0) is 23.4. The number of methoxy groups -OCH3 is 1. The average molecular weight is 459 g/mol. The van der Waals surface area contributed by atoms with Gasteiger partial charge in [-0.05, 0) is 42.3 Å². The number of amides is 1. The first kappa shape index (κ1) is 23.6. The van der Waals surface area contributed by atoms with Crippen LogP contribution < -0.4 is 19.5 Å². The third-order valence-electron chi connectivity index (χ3n) is 5.30. The van der Waals surface area contributed by atoms with Gasteiger partial charge in [0, 0.05) is 5.57 Å². The Morgan fingerprint density at radius 1 is 1.16 bits per heavy atom. The maximum absolute atomic E-state index is 13.4. The van der Waals surface area contributed by atoms with Crippen molar-refractivity contribution in [2.45, 2.75) is 13.0 Å². The van der Waals surface area contributed by atoms with Gasteiger partial charge in [0.15, 0.2) is 0 Å². The van der Waals surface area contributed by atoms with Crippen molar-refractivity contribution < 1.29 is 29.1 Å². The van der Waals surface area contributed by atoms with E-state index in [2.05, 4.69) is 0 Å². The molecule has 1 atom stereocenters. The van der Waals surface area contributed by atoms with Crippen molar-refractivity contribution in [3.63, 3.8) is 0 Å². The number of carbonyl (C=O) groups excluding carboxylic acids is 2. The molecule has 0 spiro atoms. The highest BCUT2D eigenvalue weighted by Gasteiger charge is 2.44. The lowest BCUT2D eigenvalue weighted by Crippen LogP contribution is -3.06. The Hall–Kier alpha value is -3.03. The van der Waals surface area contributed by atoms with Gasteiger partial charge in [0.1, 0.15) is 11.5 Å². The van der Waals surface area contributed by atoms with Gasteiger partial charge in [-0.1, -0.05) is 35.6 Å². The van der Waals surface area contributed by atoms with Crippen LogP contribution in [-0.4, -0.2) is 57.5 Å². The summed E-state index contributed by atoms with van der Waals surface area (Å²) in [7, 11) is 5.40. The lowest BCUT2D eigenvalue weighted by molar-refractivity contribution is -0.857. The van der Waals surface area contributed by atoms with Crippen molar-refractivity contribution in [2.75, 3.05) is 40.9 Å². The summed E-state index contributed by atoms with van der Waals surface area (Å²) in [5, 5.41) is 13.7. The number of likely N-dealkylation sites (tertiary alicyclic amines) is 1. The molecule has 32 heavy (non-hydrogen) atoms. The van der Waals surface area contributed by atoms with E-state index < -0.39 is 23.5 Å². The molecule has 0 aromatic heterocycles. The van der Waals surface area contributed by atoms with Crippen molar-refractivity contribution >= 4 is 29.1 Å². The Kier molecular flexibility index (Phi) is 7.43. The number of hydrogen-bond acceptors (Lipinski definition) is 5. The maximum Gasteiger partial charge on any atom is 0.295 e. The molecule has 1 aliphatic heterocycles. The fraction of sp³-hybridized carbons (Fsp3) is 0.333. The van der Waals surface area contributed by atoms with E-state index in [4.69, 9.17) is 21.1 Å². The van der Waals surface area contributed by atoms with Crippen LogP contribution in [0.3, 0.4) is 0 Å². The van der Waals surface area contributed by atoms with E-state index in [0.717, 1.165) is 4.90 Å². The molecule has 7 nitrogen and oxygen atoms in total. The second-order valence-electron chi connectivity index (χ2n) is 7.78. The first-order chi connectivity index (χ1) is 15.3. The second kappa shape index (κ2) is 10.1. The summed E-state index contributed by atoms with van der Waals surface area (Å²) in [6, 6.07) is 10.9. The van der Waals surface area contributed by atoms with Gasteiger partial charge in [0.25, 0.3) is 5.91 Å². The third-order valence-corrected chi connectivity index (χ3v) is 5.60. The maximum atomic E-state index is 13.4. The smallest absolute Gasteiger partial charge is 0.295 e. The highest BCUT2D eigenvalue weighted by Crippen LogP contribution is 2.39. The average Bonchev–Trinajstić information content (AvgIpc) is 3.02. The number of halogens is 1. The number of nitrogens with zero attached hydrogens (tertiary/aromatic N) is 1. The minimum absolute atomic E-state index is 0.0749. The Balaban J connectivity index is 2.12. The van der Waals surface area contributed by atoms with Crippen molar-refractivity contribution in [2.24, 2.45) is 0 Å². The molecule has 0 radical (unpaired) electrons. The minimum Gasteiger partial charge on any atom is -0.872 e.